The first kappa shape index (κ1) is 14.9. The third-order valence-electron chi connectivity index (χ3n) is 2.32. The Morgan fingerprint density at radius 3 is 2.68 bits per heavy atom. The number of nitrogens with one attached hydrogen (secondary N) is 3. The molecule has 1 aromatic rings. The molecule has 1 heterocycles. The SMILES string of the molecule is CNc1ccc(C(=O)NCC(=O)NCCOC)cn1. The van der Waals surface area contributed by atoms with Gasteiger partial charge in [0.2, 0.25) is 5.91 Å². The first-order chi connectivity index (χ1) is 9.17. The third kappa shape index (κ3) is 5.35. The van der Waals surface area contributed by atoms with E-state index < -0.39 is 0 Å². The number of nitrogens with zero attached hydrogens (tertiary/aromatic N) is 1. The molecule has 0 saturated carbocycles. The second-order valence-corrected chi connectivity index (χ2v) is 3.71. The fraction of sp³-hybridized carbons (Fsp3) is 0.417. The van der Waals surface area contributed by atoms with E-state index in [0.717, 1.165) is 0 Å². The predicted molar refractivity (Wildman–Crippen MR) is 71.0 cm³/mol. The number of carbonyl (C=O) groups is 2. The number of pyridine rings is 1. The van der Waals surface area contributed by atoms with Crippen molar-refractivity contribution in [3.8, 4) is 0 Å². The number of rotatable bonds is 7. The summed E-state index contributed by atoms with van der Waals surface area (Å²) in [5, 5.41) is 7.97. The van der Waals surface area contributed by atoms with E-state index in [-0.39, 0.29) is 18.4 Å². The molecule has 7 nitrogen and oxygen atoms in total. The second kappa shape index (κ2) is 8.04. The molecule has 3 N–H and O–H groups in total. The molecule has 0 bridgehead atoms. The Bertz CT molecular complexity index is 419. The zero-order chi connectivity index (χ0) is 14.1. The fourth-order valence-electron chi connectivity index (χ4n) is 1.29. The van der Waals surface area contributed by atoms with Gasteiger partial charge in [-0.25, -0.2) is 4.98 Å². The van der Waals surface area contributed by atoms with Crippen LogP contribution in [0.4, 0.5) is 5.82 Å². The summed E-state index contributed by atoms with van der Waals surface area (Å²) >= 11 is 0. The number of hydrogen-bond acceptors (Lipinski definition) is 5. The minimum atomic E-state index is -0.336. The molecule has 0 aliphatic carbocycles. The molecule has 1 aromatic heterocycles. The van der Waals surface area contributed by atoms with Gasteiger partial charge in [0.05, 0.1) is 18.7 Å². The Balaban J connectivity index is 2.35. The summed E-state index contributed by atoms with van der Waals surface area (Å²) in [5.74, 6) is 0.0797. The number of anilines is 1. The van der Waals surface area contributed by atoms with Gasteiger partial charge in [-0.2, -0.15) is 0 Å². The van der Waals surface area contributed by atoms with E-state index in [1.54, 1.807) is 26.3 Å². The quantitative estimate of drug-likeness (QED) is 0.585. The van der Waals surface area contributed by atoms with E-state index in [9.17, 15) is 9.59 Å². The first-order valence-electron chi connectivity index (χ1n) is 5.85. The molecule has 19 heavy (non-hydrogen) atoms. The van der Waals surface area contributed by atoms with E-state index in [2.05, 4.69) is 20.9 Å². The molecular formula is C12H18N4O3. The van der Waals surface area contributed by atoms with Gasteiger partial charge in [-0.3, -0.25) is 9.59 Å². The Kier molecular flexibility index (Phi) is 6.31. The largest absolute Gasteiger partial charge is 0.383 e. The minimum absolute atomic E-state index is 0.0731. The van der Waals surface area contributed by atoms with E-state index in [4.69, 9.17) is 4.74 Å². The Morgan fingerprint density at radius 2 is 2.11 bits per heavy atom. The maximum absolute atomic E-state index is 11.7. The van der Waals surface area contributed by atoms with Crippen molar-refractivity contribution in [2.24, 2.45) is 0 Å². The zero-order valence-electron chi connectivity index (χ0n) is 11.0. The summed E-state index contributed by atoms with van der Waals surface area (Å²) in [4.78, 5) is 27.1. The topological polar surface area (TPSA) is 92.4 Å². The van der Waals surface area contributed by atoms with Crippen LogP contribution in [0.1, 0.15) is 10.4 Å². The molecule has 0 aliphatic heterocycles. The van der Waals surface area contributed by atoms with Crippen molar-refractivity contribution in [3.63, 3.8) is 0 Å². The van der Waals surface area contributed by atoms with Gasteiger partial charge in [-0.1, -0.05) is 0 Å². The summed E-state index contributed by atoms with van der Waals surface area (Å²) in [6, 6.07) is 3.32. The highest BCUT2D eigenvalue weighted by Crippen LogP contribution is 2.03. The molecular weight excluding hydrogens is 248 g/mol. The molecule has 0 fully saturated rings. The molecule has 0 spiro atoms. The molecule has 1 rings (SSSR count). The number of aromatic nitrogens is 1. The number of hydrogen-bond donors (Lipinski definition) is 3. The molecule has 0 radical (unpaired) electrons. The third-order valence-corrected chi connectivity index (χ3v) is 2.32. The van der Waals surface area contributed by atoms with Crippen molar-refractivity contribution < 1.29 is 14.3 Å². The lowest BCUT2D eigenvalue weighted by Crippen LogP contribution is -2.38. The molecule has 0 atom stereocenters. The molecule has 104 valence electrons. The van der Waals surface area contributed by atoms with Crippen LogP contribution in [0.2, 0.25) is 0 Å². The highest BCUT2D eigenvalue weighted by atomic mass is 16.5. The van der Waals surface area contributed by atoms with Gasteiger partial charge < -0.3 is 20.7 Å². The van der Waals surface area contributed by atoms with Crippen LogP contribution in [0, 0.1) is 0 Å². The summed E-state index contributed by atoms with van der Waals surface area (Å²) < 4.78 is 4.79. The van der Waals surface area contributed by atoms with Crippen LogP contribution < -0.4 is 16.0 Å². The van der Waals surface area contributed by atoms with E-state index in [1.165, 1.54) is 6.20 Å². The van der Waals surface area contributed by atoms with Gasteiger partial charge in [0.1, 0.15) is 5.82 Å². The maximum Gasteiger partial charge on any atom is 0.253 e. The molecule has 2 amide bonds. The number of amides is 2. The number of methoxy groups -OCH3 is 1. The summed E-state index contributed by atoms with van der Waals surface area (Å²) in [7, 11) is 3.29. The van der Waals surface area contributed by atoms with E-state index in [1.807, 2.05) is 0 Å². The molecule has 7 heteroatoms. The predicted octanol–water partition coefficient (Wildman–Crippen LogP) is -0.384. The van der Waals surface area contributed by atoms with Crippen LogP contribution in [-0.2, 0) is 9.53 Å². The van der Waals surface area contributed by atoms with Gasteiger partial charge >= 0.3 is 0 Å². The van der Waals surface area contributed by atoms with Gasteiger partial charge in [0.15, 0.2) is 0 Å². The standard InChI is InChI=1S/C12H18N4O3/c1-13-10-4-3-9(7-15-10)12(18)16-8-11(17)14-5-6-19-2/h3-4,7H,5-6,8H2,1-2H3,(H,13,15)(H,14,17)(H,16,18). The first-order valence-corrected chi connectivity index (χ1v) is 5.85. The molecule has 0 unspecified atom stereocenters. The van der Waals surface area contributed by atoms with E-state index >= 15 is 0 Å². The van der Waals surface area contributed by atoms with Gasteiger partial charge in [-0.15, -0.1) is 0 Å². The summed E-state index contributed by atoms with van der Waals surface area (Å²) in [6.07, 6.45) is 1.45. The molecule has 0 aliphatic rings. The van der Waals surface area contributed by atoms with Crippen molar-refractivity contribution in [1.29, 1.82) is 0 Å². The fourth-order valence-corrected chi connectivity index (χ4v) is 1.29. The monoisotopic (exact) mass is 266 g/mol. The van der Waals surface area contributed by atoms with E-state index in [0.29, 0.717) is 24.5 Å². The average Bonchev–Trinajstić information content (AvgIpc) is 2.45. The summed E-state index contributed by atoms with van der Waals surface area (Å²) in [5.41, 5.74) is 0.406. The van der Waals surface area contributed by atoms with Crippen LogP contribution in [0.3, 0.4) is 0 Å². The van der Waals surface area contributed by atoms with Crippen LogP contribution >= 0.6 is 0 Å². The van der Waals surface area contributed by atoms with Gasteiger partial charge in [0, 0.05) is 26.9 Å². The highest BCUT2D eigenvalue weighted by molar-refractivity contribution is 5.96. The maximum atomic E-state index is 11.7. The molecule has 0 saturated heterocycles. The zero-order valence-corrected chi connectivity index (χ0v) is 11.0. The lowest BCUT2D eigenvalue weighted by molar-refractivity contribution is -0.120. The van der Waals surface area contributed by atoms with Crippen LogP contribution in [0.5, 0.6) is 0 Å². The smallest absolute Gasteiger partial charge is 0.253 e. The Morgan fingerprint density at radius 1 is 1.32 bits per heavy atom. The van der Waals surface area contributed by atoms with Crippen molar-refractivity contribution in [2.45, 2.75) is 0 Å². The number of ether oxygens (including phenoxy) is 1. The van der Waals surface area contributed by atoms with Crippen molar-refractivity contribution in [3.05, 3.63) is 23.9 Å². The van der Waals surface area contributed by atoms with Crippen LogP contribution in [0.25, 0.3) is 0 Å². The second-order valence-electron chi connectivity index (χ2n) is 3.71. The lowest BCUT2D eigenvalue weighted by Gasteiger charge is -2.06. The van der Waals surface area contributed by atoms with Crippen molar-refractivity contribution in [1.82, 2.24) is 15.6 Å². The summed E-state index contributed by atoms with van der Waals surface area (Å²) in [6.45, 7) is 0.787. The highest BCUT2D eigenvalue weighted by Gasteiger charge is 2.08. The van der Waals surface area contributed by atoms with Crippen LogP contribution in [0.15, 0.2) is 18.3 Å². The van der Waals surface area contributed by atoms with Gasteiger partial charge in [-0.05, 0) is 12.1 Å². The lowest BCUT2D eigenvalue weighted by atomic mass is 10.2. The van der Waals surface area contributed by atoms with Crippen molar-refractivity contribution in [2.75, 3.05) is 39.2 Å². The van der Waals surface area contributed by atoms with Crippen LogP contribution in [-0.4, -0.2) is 50.7 Å². The number of carbonyl (C=O) groups excluding carboxylic acids is 2. The minimum Gasteiger partial charge on any atom is -0.383 e. The van der Waals surface area contributed by atoms with Gasteiger partial charge in [0.25, 0.3) is 5.91 Å². The Hall–Kier alpha value is -2.15. The molecule has 0 aromatic carbocycles. The Labute approximate surface area is 111 Å². The normalized spacial score (nSPS) is 9.79. The average molecular weight is 266 g/mol. The van der Waals surface area contributed by atoms with Crippen molar-refractivity contribution >= 4 is 17.6 Å².